The van der Waals surface area contributed by atoms with Gasteiger partial charge < -0.3 is 4.55 Å². The Morgan fingerprint density at radius 3 is 2.39 bits per heavy atom. The lowest BCUT2D eigenvalue weighted by Gasteiger charge is -2.17. The number of aryl methyl sites for hydroxylation is 1. The summed E-state index contributed by atoms with van der Waals surface area (Å²) in [5.41, 5.74) is 1.31. The summed E-state index contributed by atoms with van der Waals surface area (Å²) in [6.45, 7) is 7.30. The predicted molar refractivity (Wildman–Crippen MR) is 91.5 cm³/mol. The summed E-state index contributed by atoms with van der Waals surface area (Å²) in [5, 5.41) is 3.98. The van der Waals surface area contributed by atoms with E-state index >= 15 is 0 Å². The molecule has 0 amide bonds. The molecule has 23 heavy (non-hydrogen) atoms. The van der Waals surface area contributed by atoms with Crippen LogP contribution in [-0.2, 0) is 21.4 Å². The Kier molecular flexibility index (Phi) is 4.98. The lowest BCUT2D eigenvalue weighted by atomic mass is 10.2. The second kappa shape index (κ2) is 6.46. The summed E-state index contributed by atoms with van der Waals surface area (Å²) < 4.78 is 41.1. The van der Waals surface area contributed by atoms with Crippen LogP contribution in [0.15, 0.2) is 45.8 Å². The van der Waals surface area contributed by atoms with E-state index in [9.17, 15) is 13.0 Å². The SMILES string of the molecule is Cc1ccc(S(=O)(=O)n2ccc(C=N[S+]([O-])C(C)(C)C)n2)cc1. The fourth-order valence-corrected chi connectivity index (χ4v) is 3.24. The van der Waals surface area contributed by atoms with Crippen LogP contribution in [0.3, 0.4) is 0 Å². The molecule has 1 unspecified atom stereocenters. The van der Waals surface area contributed by atoms with Crippen molar-refractivity contribution < 1.29 is 13.0 Å². The fraction of sp³-hybridized carbons (Fsp3) is 0.333. The third-order valence-electron chi connectivity index (χ3n) is 2.96. The van der Waals surface area contributed by atoms with Crippen LogP contribution in [0.25, 0.3) is 0 Å². The number of hydrogen-bond donors (Lipinski definition) is 0. The third kappa shape index (κ3) is 4.21. The van der Waals surface area contributed by atoms with Crippen molar-refractivity contribution >= 4 is 27.6 Å². The van der Waals surface area contributed by atoms with Gasteiger partial charge in [-0.15, -0.1) is 0 Å². The largest absolute Gasteiger partial charge is 0.591 e. The highest BCUT2D eigenvalue weighted by molar-refractivity contribution is 7.91. The molecule has 1 aromatic carbocycles. The van der Waals surface area contributed by atoms with Crippen LogP contribution in [0, 0.1) is 6.92 Å². The average Bonchev–Trinajstić information content (AvgIpc) is 2.93. The maximum atomic E-state index is 12.5. The van der Waals surface area contributed by atoms with Gasteiger partial charge in [-0.3, -0.25) is 0 Å². The first-order valence-corrected chi connectivity index (χ1v) is 9.49. The summed E-state index contributed by atoms with van der Waals surface area (Å²) in [7, 11) is -3.73. The molecule has 0 aliphatic carbocycles. The molecule has 1 heterocycles. The van der Waals surface area contributed by atoms with E-state index in [4.69, 9.17) is 0 Å². The molecule has 0 aliphatic heterocycles. The van der Waals surface area contributed by atoms with Gasteiger partial charge >= 0.3 is 0 Å². The van der Waals surface area contributed by atoms with Gasteiger partial charge in [-0.25, -0.2) is 0 Å². The molecule has 1 aromatic heterocycles. The van der Waals surface area contributed by atoms with Crippen LogP contribution >= 0.6 is 0 Å². The van der Waals surface area contributed by atoms with Gasteiger partial charge in [0, 0.05) is 6.20 Å². The van der Waals surface area contributed by atoms with Crippen LogP contribution in [0.2, 0.25) is 0 Å². The highest BCUT2D eigenvalue weighted by Crippen LogP contribution is 2.17. The van der Waals surface area contributed by atoms with Crippen molar-refractivity contribution in [3.8, 4) is 0 Å². The molecular formula is C15H19N3O3S2. The Hall–Kier alpha value is -1.64. The van der Waals surface area contributed by atoms with Crippen molar-refractivity contribution in [3.05, 3.63) is 47.8 Å². The van der Waals surface area contributed by atoms with Gasteiger partial charge in [-0.05, 0) is 45.9 Å². The third-order valence-corrected chi connectivity index (χ3v) is 5.86. The quantitative estimate of drug-likeness (QED) is 0.623. The van der Waals surface area contributed by atoms with E-state index < -0.39 is 26.1 Å². The minimum atomic E-state index is -3.73. The Morgan fingerprint density at radius 1 is 1.22 bits per heavy atom. The Bertz CT molecular complexity index is 803. The monoisotopic (exact) mass is 353 g/mol. The number of aromatic nitrogens is 2. The van der Waals surface area contributed by atoms with E-state index in [-0.39, 0.29) is 4.90 Å². The molecule has 1 atom stereocenters. The van der Waals surface area contributed by atoms with Crippen molar-refractivity contribution in [1.29, 1.82) is 0 Å². The molecule has 2 rings (SSSR count). The van der Waals surface area contributed by atoms with Gasteiger partial charge in [-0.1, -0.05) is 22.1 Å². The van der Waals surface area contributed by atoms with E-state index in [0.717, 1.165) is 9.65 Å². The Morgan fingerprint density at radius 2 is 1.83 bits per heavy atom. The zero-order valence-corrected chi connectivity index (χ0v) is 15.1. The fourth-order valence-electron chi connectivity index (χ4n) is 1.60. The van der Waals surface area contributed by atoms with E-state index in [1.807, 2.05) is 6.92 Å². The zero-order chi connectivity index (χ0) is 17.3. The first kappa shape index (κ1) is 17.7. The highest BCUT2D eigenvalue weighted by atomic mass is 32.2. The number of benzene rings is 1. The van der Waals surface area contributed by atoms with E-state index in [0.29, 0.717) is 5.69 Å². The second-order valence-electron chi connectivity index (χ2n) is 6.03. The number of hydrogen-bond acceptors (Lipinski definition) is 5. The molecular weight excluding hydrogens is 334 g/mol. The first-order valence-electron chi connectivity index (χ1n) is 6.95. The van der Waals surface area contributed by atoms with Crippen molar-refractivity contribution in [1.82, 2.24) is 9.19 Å². The predicted octanol–water partition coefficient (Wildman–Crippen LogP) is 2.31. The second-order valence-corrected chi connectivity index (χ2v) is 9.76. The molecule has 0 spiro atoms. The maximum Gasteiger partial charge on any atom is 0.282 e. The van der Waals surface area contributed by atoms with Gasteiger partial charge in [0.2, 0.25) is 0 Å². The van der Waals surface area contributed by atoms with Gasteiger partial charge in [0.1, 0.15) is 28.0 Å². The first-order chi connectivity index (χ1) is 10.6. The lowest BCUT2D eigenvalue weighted by molar-refractivity contribution is 0.562. The van der Waals surface area contributed by atoms with E-state index in [1.54, 1.807) is 32.9 Å². The van der Waals surface area contributed by atoms with Crippen molar-refractivity contribution in [3.63, 3.8) is 0 Å². The van der Waals surface area contributed by atoms with E-state index in [1.165, 1.54) is 30.6 Å². The summed E-state index contributed by atoms with van der Waals surface area (Å²) in [5.74, 6) is 0. The molecule has 0 fully saturated rings. The molecule has 6 nitrogen and oxygen atoms in total. The lowest BCUT2D eigenvalue weighted by Crippen LogP contribution is -2.25. The van der Waals surface area contributed by atoms with Gasteiger partial charge in [-0.2, -0.15) is 17.6 Å². The van der Waals surface area contributed by atoms with Gasteiger partial charge in [0.15, 0.2) is 0 Å². The van der Waals surface area contributed by atoms with E-state index in [2.05, 4.69) is 9.50 Å². The summed E-state index contributed by atoms with van der Waals surface area (Å²) >= 11 is -1.42. The number of rotatable bonds is 4. The average molecular weight is 353 g/mol. The molecule has 0 N–H and O–H groups in total. The van der Waals surface area contributed by atoms with Crippen LogP contribution in [0.1, 0.15) is 32.0 Å². The molecule has 0 saturated heterocycles. The molecule has 0 saturated carbocycles. The van der Waals surface area contributed by atoms with Gasteiger partial charge in [0.05, 0.1) is 4.90 Å². The van der Waals surface area contributed by atoms with Crippen molar-refractivity contribution in [2.75, 3.05) is 0 Å². The highest BCUT2D eigenvalue weighted by Gasteiger charge is 2.26. The molecule has 0 aliphatic rings. The molecule has 2 aromatic rings. The minimum Gasteiger partial charge on any atom is -0.591 e. The standard InChI is InChI=1S/C15H19N3O3S2/c1-12-5-7-14(8-6-12)23(20,21)18-10-9-13(17-18)11-16-22(19)15(2,3)4/h5-11H,1-4H3. The summed E-state index contributed by atoms with van der Waals surface area (Å²) in [6.07, 6.45) is 2.67. The van der Waals surface area contributed by atoms with Crippen molar-refractivity contribution in [2.45, 2.75) is 37.3 Å². The van der Waals surface area contributed by atoms with Crippen molar-refractivity contribution in [2.24, 2.45) is 4.40 Å². The maximum absolute atomic E-state index is 12.5. The Balaban J connectivity index is 2.25. The molecule has 124 valence electrons. The molecule has 0 bridgehead atoms. The van der Waals surface area contributed by atoms with Crippen LogP contribution in [-0.4, -0.2) is 33.1 Å². The van der Waals surface area contributed by atoms with Crippen LogP contribution in [0.4, 0.5) is 0 Å². The molecule has 8 heteroatoms. The minimum absolute atomic E-state index is 0.160. The van der Waals surface area contributed by atoms with Crippen LogP contribution < -0.4 is 0 Å². The number of nitrogens with zero attached hydrogens (tertiary/aromatic N) is 3. The Labute approximate surface area is 139 Å². The summed E-state index contributed by atoms with van der Waals surface area (Å²) in [4.78, 5) is 0.160. The molecule has 0 radical (unpaired) electrons. The summed E-state index contributed by atoms with van der Waals surface area (Å²) in [6, 6.07) is 8.04. The normalized spacial score (nSPS) is 14.3. The van der Waals surface area contributed by atoms with Gasteiger partial charge in [0.25, 0.3) is 10.0 Å². The smallest absolute Gasteiger partial charge is 0.282 e. The topological polar surface area (TPSA) is 87.4 Å². The zero-order valence-electron chi connectivity index (χ0n) is 13.4. The van der Waals surface area contributed by atoms with Crippen LogP contribution in [0.5, 0.6) is 0 Å².